The first-order valence-electron chi connectivity index (χ1n) is 11.4. The summed E-state index contributed by atoms with van der Waals surface area (Å²) in [6, 6.07) is 29.4. The summed E-state index contributed by atoms with van der Waals surface area (Å²) in [5, 5.41) is 9.13. The summed E-state index contributed by atoms with van der Waals surface area (Å²) in [5.41, 5.74) is 2.46. The van der Waals surface area contributed by atoms with Gasteiger partial charge < -0.3 is 9.84 Å². The van der Waals surface area contributed by atoms with Gasteiger partial charge in [-0.2, -0.15) is 0 Å². The van der Waals surface area contributed by atoms with E-state index in [0.717, 1.165) is 4.31 Å². The van der Waals surface area contributed by atoms with Gasteiger partial charge in [0.2, 0.25) is 0 Å². The molecule has 37 heavy (non-hydrogen) atoms. The molecule has 1 fully saturated rings. The van der Waals surface area contributed by atoms with E-state index >= 15 is 0 Å². The molecule has 1 heterocycles. The summed E-state index contributed by atoms with van der Waals surface area (Å²) in [6.45, 7) is -0.0956. The SMILES string of the molecule is O=C(O)Oc1ccccc1-c1cccc(C2CN(S(=O)(=O)c3ccccc3)C(=O)N2c2ccccc2)c1. The fourth-order valence-corrected chi connectivity index (χ4v) is 5.81. The van der Waals surface area contributed by atoms with Crippen LogP contribution in [0.2, 0.25) is 0 Å². The van der Waals surface area contributed by atoms with Crippen molar-refractivity contribution in [3.63, 3.8) is 0 Å². The summed E-state index contributed by atoms with van der Waals surface area (Å²) in [4.78, 5) is 26.3. The van der Waals surface area contributed by atoms with Crippen molar-refractivity contribution in [1.29, 1.82) is 0 Å². The van der Waals surface area contributed by atoms with Crippen LogP contribution in [0, 0.1) is 0 Å². The van der Waals surface area contributed by atoms with Crippen LogP contribution in [0.25, 0.3) is 11.1 Å². The Bertz CT molecular complexity index is 1560. The maximum absolute atomic E-state index is 13.6. The van der Waals surface area contributed by atoms with E-state index in [1.54, 1.807) is 78.9 Å². The Morgan fingerprint density at radius 2 is 1.49 bits per heavy atom. The second-order valence-electron chi connectivity index (χ2n) is 8.34. The highest BCUT2D eigenvalue weighted by Gasteiger charge is 2.45. The van der Waals surface area contributed by atoms with Gasteiger partial charge in [-0.15, -0.1) is 0 Å². The number of carboxylic acid groups (broad SMARTS) is 1. The molecule has 5 rings (SSSR count). The third kappa shape index (κ3) is 4.64. The highest BCUT2D eigenvalue weighted by Crippen LogP contribution is 2.39. The zero-order valence-corrected chi connectivity index (χ0v) is 20.3. The minimum absolute atomic E-state index is 0.0329. The molecule has 1 N–H and O–H groups in total. The first-order valence-corrected chi connectivity index (χ1v) is 12.9. The standard InChI is InChI=1S/C28H22N2O6S/c31-27-29(37(34,35)23-14-5-2-6-15-23)19-25(30(27)22-12-3-1-4-13-22)21-11-9-10-20(18-21)24-16-7-8-17-26(24)36-28(32)33/h1-18,25H,19H2,(H,32,33). The van der Waals surface area contributed by atoms with E-state index in [9.17, 15) is 18.0 Å². The van der Waals surface area contributed by atoms with Crippen molar-refractivity contribution < 1.29 is 27.9 Å². The highest BCUT2D eigenvalue weighted by molar-refractivity contribution is 7.89. The smallest absolute Gasteiger partial charge is 0.449 e. The van der Waals surface area contributed by atoms with Crippen molar-refractivity contribution in [2.75, 3.05) is 11.4 Å². The van der Waals surface area contributed by atoms with Gasteiger partial charge in [0.05, 0.1) is 17.5 Å². The number of amides is 2. The van der Waals surface area contributed by atoms with Crippen LogP contribution in [0.3, 0.4) is 0 Å². The maximum atomic E-state index is 13.6. The van der Waals surface area contributed by atoms with Gasteiger partial charge in [-0.25, -0.2) is 22.3 Å². The number of rotatable bonds is 6. The van der Waals surface area contributed by atoms with Crippen LogP contribution in [0.5, 0.6) is 5.75 Å². The Kier molecular flexibility index (Phi) is 6.37. The third-order valence-corrected chi connectivity index (χ3v) is 7.86. The van der Waals surface area contributed by atoms with Crippen LogP contribution >= 0.6 is 0 Å². The van der Waals surface area contributed by atoms with Crippen molar-refractivity contribution in [1.82, 2.24) is 4.31 Å². The lowest BCUT2D eigenvalue weighted by molar-refractivity contribution is 0.144. The molecule has 0 radical (unpaired) electrons. The molecule has 0 aromatic heterocycles. The zero-order valence-electron chi connectivity index (χ0n) is 19.5. The Hall–Kier alpha value is -4.63. The van der Waals surface area contributed by atoms with Crippen molar-refractivity contribution in [3.8, 4) is 16.9 Å². The second kappa shape index (κ2) is 9.79. The van der Waals surface area contributed by atoms with Gasteiger partial charge in [-0.1, -0.05) is 72.8 Å². The zero-order chi connectivity index (χ0) is 26.0. The van der Waals surface area contributed by atoms with Crippen LogP contribution < -0.4 is 9.64 Å². The van der Waals surface area contributed by atoms with Crippen LogP contribution in [0.4, 0.5) is 15.3 Å². The Labute approximate surface area is 214 Å². The van der Waals surface area contributed by atoms with Gasteiger partial charge in [0.15, 0.2) is 0 Å². The summed E-state index contributed by atoms with van der Waals surface area (Å²) in [7, 11) is -4.10. The molecule has 1 atom stereocenters. The monoisotopic (exact) mass is 514 g/mol. The first kappa shape index (κ1) is 24.1. The molecule has 0 bridgehead atoms. The molecule has 4 aromatic carbocycles. The van der Waals surface area contributed by atoms with Crippen LogP contribution in [0.1, 0.15) is 11.6 Å². The van der Waals surface area contributed by atoms with E-state index in [4.69, 9.17) is 9.84 Å². The number of ether oxygens (including phenoxy) is 1. The third-order valence-electron chi connectivity index (χ3n) is 6.10. The molecule has 8 nitrogen and oxygen atoms in total. The molecular formula is C28H22N2O6S. The van der Waals surface area contributed by atoms with Crippen molar-refractivity contribution in [2.45, 2.75) is 10.9 Å². The molecular weight excluding hydrogens is 492 g/mol. The molecule has 2 amide bonds. The van der Waals surface area contributed by atoms with Gasteiger partial charge in [-0.3, -0.25) is 4.90 Å². The van der Waals surface area contributed by atoms with Gasteiger partial charge >= 0.3 is 12.2 Å². The maximum Gasteiger partial charge on any atom is 0.511 e. The number of hydrogen-bond acceptors (Lipinski definition) is 5. The molecule has 1 aliphatic heterocycles. The Morgan fingerprint density at radius 3 is 2.19 bits per heavy atom. The Morgan fingerprint density at radius 1 is 0.838 bits per heavy atom. The topological polar surface area (TPSA) is 104 Å². The van der Waals surface area contributed by atoms with Crippen molar-refractivity contribution in [3.05, 3.63) is 115 Å². The number of para-hydroxylation sites is 2. The summed E-state index contributed by atoms with van der Waals surface area (Å²) in [5.74, 6) is 0.169. The lowest BCUT2D eigenvalue weighted by Gasteiger charge is -2.24. The molecule has 186 valence electrons. The van der Waals surface area contributed by atoms with Gasteiger partial charge in [-0.05, 0) is 47.5 Å². The van der Waals surface area contributed by atoms with Crippen molar-refractivity contribution in [2.24, 2.45) is 0 Å². The van der Waals surface area contributed by atoms with Gasteiger partial charge in [0, 0.05) is 11.3 Å². The quantitative estimate of drug-likeness (QED) is 0.258. The summed E-state index contributed by atoms with van der Waals surface area (Å²) in [6.07, 6.45) is -1.43. The fraction of sp³-hybridized carbons (Fsp3) is 0.0714. The minimum atomic E-state index is -4.10. The number of carbonyl (C=O) groups is 2. The molecule has 1 unspecified atom stereocenters. The van der Waals surface area contributed by atoms with Gasteiger partial charge in [0.25, 0.3) is 10.0 Å². The predicted octanol–water partition coefficient (Wildman–Crippen LogP) is 5.78. The average Bonchev–Trinajstić information content (AvgIpc) is 3.27. The molecule has 0 spiro atoms. The minimum Gasteiger partial charge on any atom is -0.449 e. The van der Waals surface area contributed by atoms with Crippen LogP contribution in [0.15, 0.2) is 114 Å². The molecule has 1 saturated heterocycles. The van der Waals surface area contributed by atoms with Crippen LogP contribution in [-0.4, -0.2) is 36.6 Å². The number of sulfonamides is 1. The molecule has 4 aromatic rings. The van der Waals surface area contributed by atoms with E-state index in [1.807, 2.05) is 18.2 Å². The van der Waals surface area contributed by atoms with Gasteiger partial charge in [0.1, 0.15) is 5.75 Å². The Balaban J connectivity index is 1.59. The van der Waals surface area contributed by atoms with Crippen molar-refractivity contribution >= 4 is 27.9 Å². The predicted molar refractivity (Wildman–Crippen MR) is 138 cm³/mol. The fourth-order valence-electron chi connectivity index (χ4n) is 4.43. The number of benzene rings is 4. The molecule has 0 saturated carbocycles. The average molecular weight is 515 g/mol. The first-order chi connectivity index (χ1) is 17.9. The van der Waals surface area contributed by atoms with Crippen LogP contribution in [-0.2, 0) is 10.0 Å². The number of hydrogen-bond donors (Lipinski definition) is 1. The lowest BCUT2D eigenvalue weighted by atomic mass is 9.98. The molecule has 9 heteroatoms. The number of carbonyl (C=O) groups excluding carboxylic acids is 1. The second-order valence-corrected chi connectivity index (χ2v) is 10.2. The van der Waals surface area contributed by atoms with E-state index < -0.39 is 28.3 Å². The lowest BCUT2D eigenvalue weighted by Crippen LogP contribution is -2.36. The van der Waals surface area contributed by atoms with E-state index in [-0.39, 0.29) is 17.2 Å². The summed E-state index contributed by atoms with van der Waals surface area (Å²) >= 11 is 0. The molecule has 0 aliphatic carbocycles. The number of nitrogens with zero attached hydrogens (tertiary/aromatic N) is 2. The molecule has 1 aliphatic rings. The largest absolute Gasteiger partial charge is 0.511 e. The highest BCUT2D eigenvalue weighted by atomic mass is 32.2. The van der Waals surface area contributed by atoms with E-state index in [0.29, 0.717) is 22.4 Å². The summed E-state index contributed by atoms with van der Waals surface area (Å²) < 4.78 is 32.7. The number of urea groups is 1. The van der Waals surface area contributed by atoms with E-state index in [2.05, 4.69) is 0 Å². The normalized spacial score (nSPS) is 15.6. The number of anilines is 1. The van der Waals surface area contributed by atoms with E-state index in [1.165, 1.54) is 17.0 Å².